The molecule has 2 aromatic carbocycles. The van der Waals surface area contributed by atoms with E-state index in [0.29, 0.717) is 5.56 Å². The van der Waals surface area contributed by atoms with Gasteiger partial charge in [-0.05, 0) is 29.8 Å². The summed E-state index contributed by atoms with van der Waals surface area (Å²) in [5.41, 5.74) is 7.35. The van der Waals surface area contributed by atoms with Crippen LogP contribution >= 0.6 is 0 Å². The van der Waals surface area contributed by atoms with Crippen molar-refractivity contribution in [3.63, 3.8) is 0 Å². The molecule has 2 rings (SSSR count). The average molecular weight is 278 g/mol. The third kappa shape index (κ3) is 3.54. The fourth-order valence-corrected chi connectivity index (χ4v) is 2.20. The van der Waals surface area contributed by atoms with Gasteiger partial charge in [0, 0.05) is 5.69 Å². The molecule has 1 unspecified atom stereocenters. The van der Waals surface area contributed by atoms with Crippen molar-refractivity contribution in [1.29, 1.82) is 0 Å². The Labute approximate surface area is 111 Å². The molecule has 0 saturated heterocycles. The normalized spacial score (nSPS) is 12.9. The van der Waals surface area contributed by atoms with Crippen molar-refractivity contribution in [2.75, 3.05) is 5.32 Å². The zero-order valence-electron chi connectivity index (χ0n) is 10.0. The van der Waals surface area contributed by atoms with Crippen molar-refractivity contribution in [3.8, 4) is 0 Å². The summed E-state index contributed by atoms with van der Waals surface area (Å²) in [6, 6.07) is 15.2. The summed E-state index contributed by atoms with van der Waals surface area (Å²) in [5.74, 6) is 0. The van der Waals surface area contributed by atoms with Gasteiger partial charge >= 0.3 is 0 Å². The molecule has 1 atom stereocenters. The average Bonchev–Trinajstić information content (AvgIpc) is 2.39. The first-order valence-electron chi connectivity index (χ1n) is 5.61. The molecule has 0 aliphatic heterocycles. The van der Waals surface area contributed by atoms with Gasteiger partial charge in [-0.3, -0.25) is 4.55 Å². The molecule has 0 heterocycles. The fraction of sp³-hybridized carbons (Fsp3) is 0.0769. The first kappa shape index (κ1) is 13.5. The SMILES string of the molecule is NC(Nc1ccccc1)c1cccc(S(=O)(=O)O)c1. The maximum absolute atomic E-state index is 11.1. The molecule has 0 saturated carbocycles. The highest BCUT2D eigenvalue weighted by Gasteiger charge is 2.12. The topological polar surface area (TPSA) is 92.4 Å². The van der Waals surface area contributed by atoms with Gasteiger partial charge in [0.2, 0.25) is 0 Å². The lowest BCUT2D eigenvalue weighted by Crippen LogP contribution is -2.20. The quantitative estimate of drug-likeness (QED) is 0.587. The zero-order chi connectivity index (χ0) is 13.9. The number of rotatable bonds is 4. The Hall–Kier alpha value is -1.89. The highest BCUT2D eigenvalue weighted by molar-refractivity contribution is 7.85. The first-order valence-corrected chi connectivity index (χ1v) is 7.05. The van der Waals surface area contributed by atoms with E-state index >= 15 is 0 Å². The van der Waals surface area contributed by atoms with E-state index < -0.39 is 16.3 Å². The van der Waals surface area contributed by atoms with Crippen molar-refractivity contribution in [1.82, 2.24) is 0 Å². The second kappa shape index (κ2) is 5.40. The van der Waals surface area contributed by atoms with E-state index in [4.69, 9.17) is 10.3 Å². The third-order valence-corrected chi connectivity index (χ3v) is 3.46. The number of nitrogens with two attached hydrogens (primary N) is 1. The van der Waals surface area contributed by atoms with Crippen molar-refractivity contribution < 1.29 is 13.0 Å². The van der Waals surface area contributed by atoms with Gasteiger partial charge in [-0.15, -0.1) is 0 Å². The molecule has 0 aliphatic carbocycles. The van der Waals surface area contributed by atoms with Crippen molar-refractivity contribution in [3.05, 3.63) is 60.2 Å². The Morgan fingerprint density at radius 2 is 1.74 bits per heavy atom. The molecular weight excluding hydrogens is 264 g/mol. The molecule has 19 heavy (non-hydrogen) atoms. The lowest BCUT2D eigenvalue weighted by molar-refractivity contribution is 0.483. The molecule has 0 radical (unpaired) electrons. The predicted octanol–water partition coefficient (Wildman–Crippen LogP) is 2.00. The minimum atomic E-state index is -4.22. The maximum atomic E-state index is 11.1. The van der Waals surface area contributed by atoms with E-state index in [9.17, 15) is 8.42 Å². The van der Waals surface area contributed by atoms with Crippen LogP contribution in [-0.2, 0) is 10.1 Å². The highest BCUT2D eigenvalue weighted by atomic mass is 32.2. The minimum Gasteiger partial charge on any atom is -0.366 e. The van der Waals surface area contributed by atoms with E-state index in [1.54, 1.807) is 6.07 Å². The van der Waals surface area contributed by atoms with Crippen LogP contribution in [0.1, 0.15) is 11.7 Å². The lowest BCUT2D eigenvalue weighted by Gasteiger charge is -2.16. The van der Waals surface area contributed by atoms with Gasteiger partial charge in [0.1, 0.15) is 6.17 Å². The highest BCUT2D eigenvalue weighted by Crippen LogP contribution is 2.18. The van der Waals surface area contributed by atoms with Gasteiger partial charge in [0.25, 0.3) is 10.1 Å². The number of nitrogens with one attached hydrogen (secondary N) is 1. The van der Waals surface area contributed by atoms with E-state index in [-0.39, 0.29) is 4.90 Å². The Morgan fingerprint density at radius 1 is 1.05 bits per heavy atom. The van der Waals surface area contributed by atoms with Crippen LogP contribution in [-0.4, -0.2) is 13.0 Å². The standard InChI is InChI=1S/C13H14N2O3S/c14-13(15-11-6-2-1-3-7-11)10-5-4-8-12(9-10)19(16,17)18/h1-9,13,15H,14H2,(H,16,17,18). The van der Waals surface area contributed by atoms with Gasteiger partial charge in [0.05, 0.1) is 4.90 Å². The second-order valence-electron chi connectivity index (χ2n) is 4.04. The van der Waals surface area contributed by atoms with Crippen LogP contribution in [0, 0.1) is 0 Å². The van der Waals surface area contributed by atoms with E-state index in [0.717, 1.165) is 5.69 Å². The monoisotopic (exact) mass is 278 g/mol. The summed E-state index contributed by atoms with van der Waals surface area (Å²) in [5, 5.41) is 3.04. The molecule has 5 nitrogen and oxygen atoms in total. The summed E-state index contributed by atoms with van der Waals surface area (Å²) in [6.07, 6.45) is -0.566. The second-order valence-corrected chi connectivity index (χ2v) is 5.46. The molecule has 0 aromatic heterocycles. The van der Waals surface area contributed by atoms with E-state index in [1.807, 2.05) is 30.3 Å². The molecule has 0 bridgehead atoms. The number of hydrogen-bond acceptors (Lipinski definition) is 4. The molecule has 4 N–H and O–H groups in total. The lowest BCUT2D eigenvalue weighted by atomic mass is 10.1. The molecule has 0 spiro atoms. The molecule has 0 amide bonds. The smallest absolute Gasteiger partial charge is 0.294 e. The van der Waals surface area contributed by atoms with Gasteiger partial charge in [0.15, 0.2) is 0 Å². The predicted molar refractivity (Wildman–Crippen MR) is 73.2 cm³/mol. The van der Waals surface area contributed by atoms with Crippen molar-refractivity contribution >= 4 is 15.8 Å². The molecule has 0 aliphatic rings. The van der Waals surface area contributed by atoms with Crippen LogP contribution in [0.5, 0.6) is 0 Å². The third-order valence-electron chi connectivity index (χ3n) is 2.61. The Kier molecular flexibility index (Phi) is 3.84. The van der Waals surface area contributed by atoms with E-state index in [1.165, 1.54) is 18.2 Å². The van der Waals surface area contributed by atoms with Crippen LogP contribution in [0.3, 0.4) is 0 Å². The minimum absolute atomic E-state index is 0.171. The first-order chi connectivity index (χ1) is 8.97. The maximum Gasteiger partial charge on any atom is 0.294 e. The molecule has 6 heteroatoms. The molecule has 2 aromatic rings. The largest absolute Gasteiger partial charge is 0.366 e. The zero-order valence-corrected chi connectivity index (χ0v) is 10.8. The Morgan fingerprint density at radius 3 is 2.37 bits per heavy atom. The van der Waals surface area contributed by atoms with Crippen LogP contribution in [0.15, 0.2) is 59.5 Å². The summed E-state index contributed by atoms with van der Waals surface area (Å²) in [7, 11) is -4.22. The van der Waals surface area contributed by atoms with Crippen molar-refractivity contribution in [2.24, 2.45) is 5.73 Å². The van der Waals surface area contributed by atoms with Gasteiger partial charge < -0.3 is 11.1 Å². The summed E-state index contributed by atoms with van der Waals surface area (Å²) >= 11 is 0. The number of hydrogen-bond donors (Lipinski definition) is 3. The van der Waals surface area contributed by atoms with Gasteiger partial charge in [-0.2, -0.15) is 8.42 Å². The Bertz CT molecular complexity index is 657. The number of anilines is 1. The summed E-state index contributed by atoms with van der Waals surface area (Å²) < 4.78 is 31.1. The summed E-state index contributed by atoms with van der Waals surface area (Å²) in [4.78, 5) is -0.171. The van der Waals surface area contributed by atoms with Crippen LogP contribution in [0.25, 0.3) is 0 Å². The van der Waals surface area contributed by atoms with Crippen LogP contribution in [0.4, 0.5) is 5.69 Å². The van der Waals surface area contributed by atoms with Crippen LogP contribution in [0.2, 0.25) is 0 Å². The number of para-hydroxylation sites is 1. The molecule has 100 valence electrons. The van der Waals surface area contributed by atoms with E-state index in [2.05, 4.69) is 5.32 Å². The fourth-order valence-electron chi connectivity index (χ4n) is 1.67. The molecular formula is C13H14N2O3S. The van der Waals surface area contributed by atoms with Crippen molar-refractivity contribution in [2.45, 2.75) is 11.1 Å². The number of benzene rings is 2. The summed E-state index contributed by atoms with van der Waals surface area (Å²) in [6.45, 7) is 0. The van der Waals surface area contributed by atoms with Gasteiger partial charge in [-0.1, -0.05) is 30.3 Å². The Balaban J connectivity index is 2.23. The van der Waals surface area contributed by atoms with Crippen LogP contribution < -0.4 is 11.1 Å². The molecule has 0 fully saturated rings. The van der Waals surface area contributed by atoms with Gasteiger partial charge in [-0.25, -0.2) is 0 Å².